The van der Waals surface area contributed by atoms with E-state index in [1.807, 2.05) is 38.1 Å². The zero-order chi connectivity index (χ0) is 13.9. The molecule has 0 unspecified atom stereocenters. The molecule has 0 spiro atoms. The maximum Gasteiger partial charge on any atom is 0.0968 e. The monoisotopic (exact) mass is 260 g/mol. The van der Waals surface area contributed by atoms with Crippen LogP contribution in [0.3, 0.4) is 0 Å². The van der Waals surface area contributed by atoms with E-state index in [2.05, 4.69) is 35.3 Å². The predicted molar refractivity (Wildman–Crippen MR) is 87.1 cm³/mol. The number of aliphatic imine (C=N–C) groups is 1. The Kier molecular flexibility index (Phi) is 3.30. The molecule has 0 aliphatic heterocycles. The fourth-order valence-corrected chi connectivity index (χ4v) is 2.51. The Bertz CT molecular complexity index is 829. The molecular weight excluding hydrogens is 244 g/mol. The summed E-state index contributed by atoms with van der Waals surface area (Å²) in [6.07, 6.45) is 3.81. The van der Waals surface area contributed by atoms with Crippen molar-refractivity contribution in [1.82, 2.24) is 4.98 Å². The summed E-state index contributed by atoms with van der Waals surface area (Å²) < 4.78 is 0. The number of fused-ring (bicyclic) bond motifs is 3. The number of rotatable bonds is 2. The highest BCUT2D eigenvalue weighted by Crippen LogP contribution is 2.30. The van der Waals surface area contributed by atoms with Gasteiger partial charge in [0.25, 0.3) is 0 Å². The summed E-state index contributed by atoms with van der Waals surface area (Å²) in [5.41, 5.74) is 2.86. The zero-order valence-corrected chi connectivity index (χ0v) is 11.7. The SMILES string of the molecule is CC=N/C(=C\C)c1nc2ccccc2c2ccccc12. The third-order valence-corrected chi connectivity index (χ3v) is 3.39. The van der Waals surface area contributed by atoms with Gasteiger partial charge in [0.1, 0.15) is 0 Å². The Morgan fingerprint density at radius 3 is 2.25 bits per heavy atom. The number of hydrogen-bond acceptors (Lipinski definition) is 2. The van der Waals surface area contributed by atoms with Crippen LogP contribution in [0.2, 0.25) is 0 Å². The van der Waals surface area contributed by atoms with E-state index >= 15 is 0 Å². The summed E-state index contributed by atoms with van der Waals surface area (Å²) in [5.74, 6) is 0. The molecule has 0 saturated heterocycles. The van der Waals surface area contributed by atoms with Crippen LogP contribution < -0.4 is 0 Å². The Hall–Kier alpha value is -2.48. The molecule has 0 fully saturated rings. The summed E-state index contributed by atoms with van der Waals surface area (Å²) in [7, 11) is 0. The largest absolute Gasteiger partial charge is 0.260 e. The molecule has 2 heteroatoms. The first kappa shape index (κ1) is 12.5. The van der Waals surface area contributed by atoms with Crippen LogP contribution in [0.4, 0.5) is 0 Å². The molecule has 0 aliphatic carbocycles. The second-order valence-electron chi connectivity index (χ2n) is 4.58. The first-order valence-electron chi connectivity index (χ1n) is 6.78. The van der Waals surface area contributed by atoms with Crippen LogP contribution in [0, 0.1) is 0 Å². The van der Waals surface area contributed by atoms with Crippen molar-refractivity contribution in [2.24, 2.45) is 4.99 Å². The summed E-state index contributed by atoms with van der Waals surface area (Å²) in [4.78, 5) is 9.25. The Morgan fingerprint density at radius 2 is 1.55 bits per heavy atom. The Morgan fingerprint density at radius 1 is 0.900 bits per heavy atom. The Balaban J connectivity index is 2.46. The molecule has 0 bridgehead atoms. The van der Waals surface area contributed by atoms with Crippen LogP contribution in [0.25, 0.3) is 27.4 Å². The lowest BCUT2D eigenvalue weighted by molar-refractivity contribution is 1.34. The van der Waals surface area contributed by atoms with Crippen LogP contribution in [0.1, 0.15) is 19.5 Å². The number of benzene rings is 2. The lowest BCUT2D eigenvalue weighted by atomic mass is 10.0. The van der Waals surface area contributed by atoms with Gasteiger partial charge < -0.3 is 0 Å². The molecule has 2 aromatic carbocycles. The van der Waals surface area contributed by atoms with E-state index < -0.39 is 0 Å². The number of pyridine rings is 1. The number of hydrogen-bond donors (Lipinski definition) is 0. The van der Waals surface area contributed by atoms with Crippen LogP contribution in [0.5, 0.6) is 0 Å². The van der Waals surface area contributed by atoms with Crippen molar-refractivity contribution in [2.45, 2.75) is 13.8 Å². The van der Waals surface area contributed by atoms with Gasteiger partial charge in [0.15, 0.2) is 0 Å². The minimum atomic E-state index is 0.912. The molecule has 0 radical (unpaired) electrons. The van der Waals surface area contributed by atoms with Crippen LogP contribution >= 0.6 is 0 Å². The van der Waals surface area contributed by atoms with Gasteiger partial charge in [-0.15, -0.1) is 0 Å². The van der Waals surface area contributed by atoms with Gasteiger partial charge in [0.2, 0.25) is 0 Å². The average molecular weight is 260 g/mol. The van der Waals surface area contributed by atoms with Gasteiger partial charge >= 0.3 is 0 Å². The van der Waals surface area contributed by atoms with E-state index in [1.165, 1.54) is 10.8 Å². The Labute approximate surface area is 118 Å². The van der Waals surface area contributed by atoms with Gasteiger partial charge in [0.05, 0.1) is 16.9 Å². The third-order valence-electron chi connectivity index (χ3n) is 3.39. The lowest BCUT2D eigenvalue weighted by Crippen LogP contribution is -1.92. The lowest BCUT2D eigenvalue weighted by Gasteiger charge is -2.09. The van der Waals surface area contributed by atoms with Crippen molar-refractivity contribution in [2.75, 3.05) is 0 Å². The van der Waals surface area contributed by atoms with Crippen LogP contribution in [0.15, 0.2) is 59.6 Å². The third kappa shape index (κ3) is 1.99. The summed E-state index contributed by atoms with van der Waals surface area (Å²) in [6, 6.07) is 16.6. The van der Waals surface area contributed by atoms with Crippen LogP contribution in [-0.4, -0.2) is 11.2 Å². The molecule has 20 heavy (non-hydrogen) atoms. The minimum absolute atomic E-state index is 0.912. The molecule has 0 aliphatic rings. The molecule has 0 amide bonds. The van der Waals surface area contributed by atoms with E-state index in [0.717, 1.165) is 22.3 Å². The number of nitrogens with zero attached hydrogens (tertiary/aromatic N) is 2. The fraction of sp³-hybridized carbons (Fsp3) is 0.111. The summed E-state index contributed by atoms with van der Waals surface area (Å²) in [5, 5.41) is 3.55. The predicted octanol–water partition coefficient (Wildman–Crippen LogP) is 4.84. The highest BCUT2D eigenvalue weighted by molar-refractivity contribution is 6.09. The van der Waals surface area contributed by atoms with Gasteiger partial charge in [-0.1, -0.05) is 48.5 Å². The number of para-hydroxylation sites is 1. The van der Waals surface area contributed by atoms with Crippen molar-refractivity contribution >= 4 is 33.6 Å². The molecule has 0 saturated carbocycles. The number of allylic oxidation sites excluding steroid dienone is 1. The van der Waals surface area contributed by atoms with Gasteiger partial charge in [-0.3, -0.25) is 4.99 Å². The smallest absolute Gasteiger partial charge is 0.0968 e. The van der Waals surface area contributed by atoms with Crippen molar-refractivity contribution in [3.63, 3.8) is 0 Å². The van der Waals surface area contributed by atoms with E-state index in [-0.39, 0.29) is 0 Å². The zero-order valence-electron chi connectivity index (χ0n) is 11.7. The van der Waals surface area contributed by atoms with Crippen molar-refractivity contribution in [3.05, 3.63) is 60.3 Å². The first-order valence-corrected chi connectivity index (χ1v) is 6.78. The van der Waals surface area contributed by atoms with Gasteiger partial charge in [-0.2, -0.15) is 0 Å². The molecule has 2 nitrogen and oxygen atoms in total. The highest BCUT2D eigenvalue weighted by Gasteiger charge is 2.10. The van der Waals surface area contributed by atoms with Gasteiger partial charge in [-0.25, -0.2) is 4.98 Å². The summed E-state index contributed by atoms with van der Waals surface area (Å²) in [6.45, 7) is 3.92. The second kappa shape index (κ2) is 5.25. The summed E-state index contributed by atoms with van der Waals surface area (Å²) >= 11 is 0. The normalized spacial score (nSPS) is 12.6. The van der Waals surface area contributed by atoms with E-state index in [1.54, 1.807) is 6.21 Å². The topological polar surface area (TPSA) is 25.2 Å². The molecule has 0 atom stereocenters. The molecule has 1 heterocycles. The van der Waals surface area contributed by atoms with Gasteiger partial charge in [-0.05, 0) is 25.3 Å². The first-order chi connectivity index (χ1) is 9.85. The van der Waals surface area contributed by atoms with Crippen LogP contribution in [-0.2, 0) is 0 Å². The second-order valence-corrected chi connectivity index (χ2v) is 4.58. The van der Waals surface area contributed by atoms with Crippen molar-refractivity contribution in [1.29, 1.82) is 0 Å². The molecule has 0 N–H and O–H groups in total. The standard InChI is InChI=1S/C18H16N2/c1-3-16(19-4-2)18-15-11-6-5-9-13(15)14-10-7-8-12-17(14)20-18/h3-12H,1-2H3/b16-3-,19-4?. The maximum absolute atomic E-state index is 4.81. The fourth-order valence-electron chi connectivity index (χ4n) is 2.51. The van der Waals surface area contributed by atoms with Gasteiger partial charge in [0, 0.05) is 17.0 Å². The molecule has 3 rings (SSSR count). The number of aromatic nitrogens is 1. The quantitative estimate of drug-likeness (QED) is 0.478. The molecule has 1 aromatic heterocycles. The van der Waals surface area contributed by atoms with Crippen molar-refractivity contribution < 1.29 is 0 Å². The van der Waals surface area contributed by atoms with E-state index in [0.29, 0.717) is 0 Å². The molecule has 3 aromatic rings. The average Bonchev–Trinajstić information content (AvgIpc) is 2.52. The van der Waals surface area contributed by atoms with Crippen molar-refractivity contribution in [3.8, 4) is 0 Å². The minimum Gasteiger partial charge on any atom is -0.260 e. The molecular formula is C18H16N2. The van der Waals surface area contributed by atoms with E-state index in [9.17, 15) is 0 Å². The highest BCUT2D eigenvalue weighted by atomic mass is 14.8. The van der Waals surface area contributed by atoms with E-state index in [4.69, 9.17) is 4.98 Å². The molecule has 98 valence electrons. The maximum atomic E-state index is 4.81.